The van der Waals surface area contributed by atoms with Gasteiger partial charge in [0.25, 0.3) is 22.9 Å². The molecule has 6 aromatic heterocycles. The smallest absolute Gasteiger partial charge is 0.398 e. The van der Waals surface area contributed by atoms with Gasteiger partial charge in [-0.15, -0.1) is 0 Å². The molecule has 514 valence electrons. The molecule has 0 saturated carbocycles. The molecule has 0 spiro atoms. The summed E-state index contributed by atoms with van der Waals surface area (Å²) >= 11 is 3.63. The maximum Gasteiger partial charge on any atom is 0.516 e. The largest absolute Gasteiger partial charge is 0.516 e. The van der Waals surface area contributed by atoms with Crippen LogP contribution in [0.2, 0.25) is 0 Å². The number of pyridine rings is 2. The summed E-state index contributed by atoms with van der Waals surface area (Å²) in [6, 6.07) is 27.8. The van der Waals surface area contributed by atoms with Crippen molar-refractivity contribution >= 4 is 86.2 Å². The normalized spacial score (nSPS) is 18.3. The minimum absolute atomic E-state index is 0.0550. The van der Waals surface area contributed by atoms with Crippen molar-refractivity contribution in [2.45, 2.75) is 130 Å². The molecule has 7 aliphatic rings. The monoisotopic (exact) mass is 1390 g/mol. The van der Waals surface area contributed by atoms with Crippen LogP contribution in [0.3, 0.4) is 0 Å². The summed E-state index contributed by atoms with van der Waals surface area (Å²) in [6.45, 7) is 23.3. The summed E-state index contributed by atoms with van der Waals surface area (Å²) in [5, 5.41) is 15.4. The van der Waals surface area contributed by atoms with E-state index in [-0.39, 0.29) is 22.9 Å². The fourth-order valence-corrected chi connectivity index (χ4v) is 15.3. The van der Waals surface area contributed by atoms with Crippen molar-refractivity contribution in [2.24, 2.45) is 14.1 Å². The molecule has 2 aromatic carbocycles. The molecular weight excluding hydrogens is 1300 g/mol. The Bertz CT molecular complexity index is 4380. The van der Waals surface area contributed by atoms with Crippen LogP contribution in [0, 0.1) is 0 Å². The van der Waals surface area contributed by atoms with Crippen LogP contribution in [0.25, 0.3) is 11.3 Å². The molecule has 98 heavy (non-hydrogen) atoms. The second-order valence-electron chi connectivity index (χ2n) is 27.9. The lowest BCUT2D eigenvalue weighted by Crippen LogP contribution is -2.44. The Morgan fingerprint density at radius 1 is 0.520 bits per heavy atom. The van der Waals surface area contributed by atoms with Gasteiger partial charge in [0.15, 0.2) is 0 Å². The number of rotatable bonds is 12. The number of hydrogen-bond donors (Lipinski definition) is 2. The van der Waals surface area contributed by atoms with E-state index in [0.29, 0.717) is 40.8 Å². The van der Waals surface area contributed by atoms with Crippen LogP contribution in [0.15, 0.2) is 111 Å². The van der Waals surface area contributed by atoms with E-state index in [0.717, 1.165) is 160 Å². The first kappa shape index (κ1) is 68.1. The van der Waals surface area contributed by atoms with Gasteiger partial charge in [-0.2, -0.15) is 10.2 Å². The van der Waals surface area contributed by atoms with Crippen LogP contribution < -0.4 is 46.9 Å². The van der Waals surface area contributed by atoms with Crippen LogP contribution in [0.5, 0.6) is 0 Å². The first-order valence-corrected chi connectivity index (χ1v) is 35.8. The molecule has 8 aromatic rings. The lowest BCUT2D eigenvalue weighted by atomic mass is 9.84. The van der Waals surface area contributed by atoms with E-state index in [9.17, 15) is 19.2 Å². The molecule has 2 N–H and O–H groups in total. The first-order valence-electron chi connectivity index (χ1n) is 35.0. The summed E-state index contributed by atoms with van der Waals surface area (Å²) < 4.78 is 20.5. The molecule has 2 amide bonds. The molecule has 0 unspecified atom stereocenters. The fourth-order valence-electron chi connectivity index (χ4n) is 14.7. The SMILES string of the molecule is CCc1c(-c2cc(Nc3ccc(N4CCN(C)CC4)cn3)c(=O)n(C)n2)cccc1N1CCn2c(cc3c2CCCC3)C1=O.CCc1c(Br)cccc1N1CCn2c(cc3c2CCCC3)C1=O.CN1CCN(c2ccc(Nc3cc(B4OC(C)(C)C(C)(C)O4)nn(C)c3=O)nc2)CC1. The molecule has 5 aliphatic heterocycles. The summed E-state index contributed by atoms with van der Waals surface area (Å²) in [6.07, 6.45) is 14.6. The van der Waals surface area contributed by atoms with Crippen molar-refractivity contribution in [3.05, 3.63) is 168 Å². The molecule has 15 rings (SSSR count). The number of carbonyl (C=O) groups is 2. The number of fused-ring (bicyclic) bond motifs is 6. The second kappa shape index (κ2) is 28.4. The van der Waals surface area contributed by atoms with Gasteiger partial charge in [0.1, 0.15) is 34.4 Å². The Labute approximate surface area is 583 Å². The van der Waals surface area contributed by atoms with Crippen molar-refractivity contribution in [3.8, 4) is 11.3 Å². The van der Waals surface area contributed by atoms with E-state index in [1.54, 1.807) is 26.2 Å². The molecule has 0 bridgehead atoms. The highest BCUT2D eigenvalue weighted by molar-refractivity contribution is 9.10. The lowest BCUT2D eigenvalue weighted by Gasteiger charge is -2.33. The van der Waals surface area contributed by atoms with E-state index in [1.165, 1.54) is 63.1 Å². The van der Waals surface area contributed by atoms with E-state index in [4.69, 9.17) is 9.31 Å². The second-order valence-corrected chi connectivity index (χ2v) is 28.7. The van der Waals surface area contributed by atoms with E-state index in [2.05, 4.69) is 128 Å². The van der Waals surface area contributed by atoms with Gasteiger partial charge in [0.2, 0.25) is 0 Å². The molecule has 11 heterocycles. The van der Waals surface area contributed by atoms with Crippen LogP contribution in [0.1, 0.15) is 122 Å². The zero-order chi connectivity index (χ0) is 68.7. The predicted octanol–water partition coefficient (Wildman–Crippen LogP) is 9.56. The lowest BCUT2D eigenvalue weighted by molar-refractivity contribution is 0.00578. The number of carbonyl (C=O) groups excluding carboxylic acids is 2. The Morgan fingerprint density at radius 3 is 1.46 bits per heavy atom. The van der Waals surface area contributed by atoms with E-state index >= 15 is 0 Å². The summed E-state index contributed by atoms with van der Waals surface area (Å²) in [7, 11) is 6.91. The number of nitrogens with zero attached hydrogens (tertiary/aromatic N) is 14. The predicted molar refractivity (Wildman–Crippen MR) is 393 cm³/mol. The van der Waals surface area contributed by atoms with Crippen molar-refractivity contribution in [1.29, 1.82) is 0 Å². The molecule has 24 heteroatoms. The number of likely N-dealkylation sites (N-methyl/N-ethyl adjacent to an activating group) is 2. The van der Waals surface area contributed by atoms with Gasteiger partial charge in [-0.25, -0.2) is 19.3 Å². The van der Waals surface area contributed by atoms with Crippen molar-refractivity contribution in [3.63, 3.8) is 0 Å². The maximum absolute atomic E-state index is 13.9. The number of aryl methyl sites for hydroxylation is 4. The third-order valence-electron chi connectivity index (χ3n) is 21.0. The summed E-state index contributed by atoms with van der Waals surface area (Å²) in [5.41, 5.74) is 15.0. The minimum Gasteiger partial charge on any atom is -0.398 e. The third-order valence-corrected chi connectivity index (χ3v) is 21.8. The van der Waals surface area contributed by atoms with Crippen LogP contribution >= 0.6 is 15.9 Å². The van der Waals surface area contributed by atoms with E-state index in [1.807, 2.05) is 98.4 Å². The minimum atomic E-state index is -0.648. The third kappa shape index (κ3) is 13.7. The van der Waals surface area contributed by atoms with Gasteiger partial charge in [0.05, 0.1) is 46.3 Å². The van der Waals surface area contributed by atoms with Gasteiger partial charge >= 0.3 is 7.12 Å². The standard InChI is InChI=1S/C34H40N8O2.C21H31BN6O3.C19H21BrN2O/c1-4-25-26(9-7-11-30(25)42-19-18-41-29-10-6-5-8-23(29)20-31(41)34(42)44)27-21-28(33(43)39(3)37-27)36-32-13-12-24(22-35-32)40-16-14-38(2)15-17-40;1-20(2)21(3,4)31-22(30-20)17-13-16(19(29)27(6)25-17)24-18-8-7-15(14-23-18)28-11-9-26(5)10-12-28;1-2-14-15(20)7-5-9-17(14)22-11-10-21-16-8-4-3-6-13(16)12-18(21)19(22)23/h7,9,11-13,20-22H,4-6,8,10,14-19H2,1-3H3,(H,35,36);7-8,13-14H,9-12H2,1-6H3,(H,23,24);5,7,9,12H,2-4,6,8,10-11H2,1H3. The number of piperazine rings is 2. The number of anilines is 8. The van der Waals surface area contributed by atoms with Gasteiger partial charge in [0, 0.05) is 125 Å². The Balaban J connectivity index is 0.000000140. The molecule has 2 aliphatic carbocycles. The highest BCUT2D eigenvalue weighted by Gasteiger charge is 2.53. The number of benzene rings is 2. The average Bonchev–Trinajstić information content (AvgIpc) is 1.56. The highest BCUT2D eigenvalue weighted by atomic mass is 79.9. The molecule has 22 nitrogen and oxygen atoms in total. The quantitative estimate of drug-likeness (QED) is 0.109. The van der Waals surface area contributed by atoms with Gasteiger partial charge in [-0.05, 0) is 195 Å². The van der Waals surface area contributed by atoms with Crippen LogP contribution in [-0.2, 0) is 75.0 Å². The Morgan fingerprint density at radius 2 is 0.980 bits per heavy atom. The number of nitrogens with one attached hydrogen (secondary N) is 2. The number of halogens is 1. The highest BCUT2D eigenvalue weighted by Crippen LogP contribution is 2.39. The van der Waals surface area contributed by atoms with Gasteiger partial charge in [-0.3, -0.25) is 19.2 Å². The van der Waals surface area contributed by atoms with Crippen LogP contribution in [0.4, 0.5) is 45.8 Å². The molecule has 0 radical (unpaired) electrons. The number of amides is 2. The molecule has 3 fully saturated rings. The zero-order valence-corrected chi connectivity index (χ0v) is 60.0. The fraction of sp³-hybridized carbons (Fsp3) is 0.459. The Hall–Kier alpha value is -8.42. The maximum atomic E-state index is 13.9. The summed E-state index contributed by atoms with van der Waals surface area (Å²) in [5.74, 6) is 1.41. The van der Waals surface area contributed by atoms with Gasteiger partial charge in [-0.1, -0.05) is 48.0 Å². The van der Waals surface area contributed by atoms with Crippen molar-refractivity contribution in [1.82, 2.24) is 48.5 Å². The van der Waals surface area contributed by atoms with Crippen LogP contribution in [-0.4, -0.2) is 158 Å². The number of aromatic nitrogens is 8. The zero-order valence-electron chi connectivity index (χ0n) is 58.5. The van der Waals surface area contributed by atoms with E-state index < -0.39 is 18.3 Å². The van der Waals surface area contributed by atoms with Gasteiger partial charge < -0.3 is 58.5 Å². The summed E-state index contributed by atoms with van der Waals surface area (Å²) in [4.78, 5) is 75.1. The van der Waals surface area contributed by atoms with Crippen molar-refractivity contribution < 1.29 is 18.9 Å². The number of hydrogen-bond acceptors (Lipinski definition) is 16. The molecule has 3 saturated heterocycles. The topological polar surface area (TPSA) is 202 Å². The Kier molecular flexibility index (Phi) is 19.8. The molecule has 0 atom stereocenters. The molecular formula is C74H92BBrN16O6. The first-order chi connectivity index (χ1) is 47.2. The average molecular weight is 1390 g/mol. The van der Waals surface area contributed by atoms with Crippen molar-refractivity contribution in [2.75, 3.05) is 110 Å².